The normalized spacial score (nSPS) is 10.5. The summed E-state index contributed by atoms with van der Waals surface area (Å²) in [6.45, 7) is 1.97. The molecular weight excluding hydrogens is 164 g/mol. The zero-order valence-corrected chi connectivity index (χ0v) is 7.53. The molecule has 1 aromatic rings. The highest BCUT2D eigenvalue weighted by Crippen LogP contribution is 2.03. The number of hydrogen-bond donors (Lipinski definition) is 1. The van der Waals surface area contributed by atoms with E-state index in [0.29, 0.717) is 0 Å². The molecule has 2 N–H and O–H groups in total. The van der Waals surface area contributed by atoms with Crippen LogP contribution < -0.4 is 5.73 Å². The van der Waals surface area contributed by atoms with Crippen molar-refractivity contribution in [2.75, 3.05) is 0 Å². The van der Waals surface area contributed by atoms with Crippen LogP contribution in [0.2, 0.25) is 0 Å². The van der Waals surface area contributed by atoms with Crippen molar-refractivity contribution >= 4 is 12.0 Å². The number of hydrogen-bond acceptors (Lipinski definition) is 2. The quantitative estimate of drug-likeness (QED) is 0.754. The summed E-state index contributed by atoms with van der Waals surface area (Å²) in [7, 11) is 0. The average Bonchev–Trinajstić information content (AvgIpc) is 2.03. The number of nitrogens with zero attached hydrogens (tertiary/aromatic N) is 1. The zero-order valence-electron chi connectivity index (χ0n) is 7.53. The van der Waals surface area contributed by atoms with Crippen LogP contribution in [0.1, 0.15) is 17.5 Å². The highest BCUT2D eigenvalue weighted by atomic mass is 16.1. The minimum absolute atomic E-state index is 0.272. The Kier molecular flexibility index (Phi) is 3.20. The van der Waals surface area contributed by atoms with Gasteiger partial charge in [0.05, 0.1) is 0 Å². The van der Waals surface area contributed by atoms with E-state index in [1.54, 1.807) is 18.5 Å². The van der Waals surface area contributed by atoms with E-state index in [9.17, 15) is 4.79 Å². The Morgan fingerprint density at radius 3 is 3.00 bits per heavy atom. The molecule has 68 valence electrons. The molecule has 0 radical (unpaired) electrons. The largest absolute Gasteiger partial charge is 0.369 e. The Morgan fingerprint density at radius 2 is 2.38 bits per heavy atom. The Balaban J connectivity index is 2.63. The van der Waals surface area contributed by atoms with Gasteiger partial charge in [-0.15, -0.1) is 0 Å². The number of primary amides is 1. The number of carbonyl (C=O) groups is 1. The predicted octanol–water partition coefficient (Wildman–Crippen LogP) is 1.28. The van der Waals surface area contributed by atoms with Gasteiger partial charge in [-0.2, -0.15) is 0 Å². The average molecular weight is 176 g/mol. The maximum absolute atomic E-state index is 10.4. The lowest BCUT2D eigenvalue weighted by molar-refractivity contribution is -0.117. The molecule has 0 aliphatic heterocycles. The second kappa shape index (κ2) is 4.40. The van der Waals surface area contributed by atoms with Crippen molar-refractivity contribution in [3.63, 3.8) is 0 Å². The zero-order chi connectivity index (χ0) is 9.68. The molecule has 3 nitrogen and oxygen atoms in total. The highest BCUT2D eigenvalue weighted by Gasteiger charge is 1.89. The highest BCUT2D eigenvalue weighted by molar-refractivity contribution is 5.76. The van der Waals surface area contributed by atoms with Crippen LogP contribution in [0, 0.1) is 6.92 Å². The topological polar surface area (TPSA) is 56.0 Å². The first-order chi connectivity index (χ1) is 6.18. The summed E-state index contributed by atoms with van der Waals surface area (Å²) in [5.41, 5.74) is 7.07. The first-order valence-electron chi connectivity index (χ1n) is 4.05. The summed E-state index contributed by atoms with van der Waals surface area (Å²) >= 11 is 0. The Morgan fingerprint density at radius 1 is 1.62 bits per heavy atom. The standard InChI is InChI=1S/C10H12N2O/c1-8-5-9(7-12-6-8)3-2-4-10(11)13/h2-3,5-7H,4H2,1H3,(H2,11,13). The summed E-state index contributed by atoms with van der Waals surface area (Å²) < 4.78 is 0. The van der Waals surface area contributed by atoms with Gasteiger partial charge in [-0.1, -0.05) is 12.2 Å². The molecule has 0 saturated heterocycles. The molecule has 0 spiro atoms. The SMILES string of the molecule is Cc1cncc(C=CCC(N)=O)c1. The minimum atomic E-state index is -0.322. The van der Waals surface area contributed by atoms with Gasteiger partial charge in [-0.3, -0.25) is 9.78 Å². The van der Waals surface area contributed by atoms with Crippen molar-refractivity contribution in [2.45, 2.75) is 13.3 Å². The van der Waals surface area contributed by atoms with E-state index in [1.807, 2.05) is 19.1 Å². The van der Waals surface area contributed by atoms with E-state index in [0.717, 1.165) is 11.1 Å². The fourth-order valence-corrected chi connectivity index (χ4v) is 0.981. The van der Waals surface area contributed by atoms with Crippen LogP contribution in [0.3, 0.4) is 0 Å². The molecule has 0 aromatic carbocycles. The lowest BCUT2D eigenvalue weighted by Gasteiger charge is -1.93. The predicted molar refractivity (Wildman–Crippen MR) is 51.8 cm³/mol. The van der Waals surface area contributed by atoms with Crippen LogP contribution in [-0.4, -0.2) is 10.9 Å². The number of carbonyl (C=O) groups excluding carboxylic acids is 1. The fourth-order valence-electron chi connectivity index (χ4n) is 0.981. The fraction of sp³-hybridized carbons (Fsp3) is 0.200. The van der Waals surface area contributed by atoms with Crippen LogP contribution in [0.5, 0.6) is 0 Å². The summed E-state index contributed by atoms with van der Waals surface area (Å²) in [5, 5.41) is 0. The Hall–Kier alpha value is -1.64. The molecule has 0 fully saturated rings. The summed E-state index contributed by atoms with van der Waals surface area (Å²) in [4.78, 5) is 14.4. The first kappa shape index (κ1) is 9.45. The van der Waals surface area contributed by atoms with Gasteiger partial charge in [0.15, 0.2) is 0 Å². The molecule has 0 aliphatic rings. The van der Waals surface area contributed by atoms with Gasteiger partial charge in [0.25, 0.3) is 0 Å². The summed E-state index contributed by atoms with van der Waals surface area (Å²) in [6.07, 6.45) is 7.37. The lowest BCUT2D eigenvalue weighted by atomic mass is 10.2. The Labute approximate surface area is 77.3 Å². The minimum Gasteiger partial charge on any atom is -0.369 e. The van der Waals surface area contributed by atoms with E-state index < -0.39 is 0 Å². The van der Waals surface area contributed by atoms with Gasteiger partial charge >= 0.3 is 0 Å². The number of aromatic nitrogens is 1. The first-order valence-corrected chi connectivity index (χ1v) is 4.05. The summed E-state index contributed by atoms with van der Waals surface area (Å²) in [6, 6.07) is 1.99. The molecule has 13 heavy (non-hydrogen) atoms. The molecule has 3 heteroatoms. The van der Waals surface area contributed by atoms with Gasteiger partial charge in [0.2, 0.25) is 5.91 Å². The molecule has 1 amide bonds. The third-order valence-corrected chi connectivity index (χ3v) is 1.53. The van der Waals surface area contributed by atoms with E-state index in [4.69, 9.17) is 5.73 Å². The van der Waals surface area contributed by atoms with Gasteiger partial charge in [0.1, 0.15) is 0 Å². The molecule has 1 aromatic heterocycles. The number of pyridine rings is 1. The number of rotatable bonds is 3. The Bertz CT molecular complexity index is 331. The van der Waals surface area contributed by atoms with Crippen LogP contribution in [-0.2, 0) is 4.79 Å². The summed E-state index contributed by atoms with van der Waals surface area (Å²) in [5.74, 6) is -0.322. The molecule has 0 bridgehead atoms. The molecule has 0 atom stereocenters. The molecule has 0 aliphatic carbocycles. The van der Waals surface area contributed by atoms with E-state index in [-0.39, 0.29) is 12.3 Å². The van der Waals surface area contributed by atoms with Crippen LogP contribution in [0.4, 0.5) is 0 Å². The van der Waals surface area contributed by atoms with Crippen molar-refractivity contribution in [1.82, 2.24) is 4.98 Å². The smallest absolute Gasteiger partial charge is 0.221 e. The molecule has 0 saturated carbocycles. The molecule has 1 rings (SSSR count). The van der Waals surface area contributed by atoms with Crippen molar-refractivity contribution in [1.29, 1.82) is 0 Å². The molecule has 0 unspecified atom stereocenters. The third-order valence-electron chi connectivity index (χ3n) is 1.53. The number of aryl methyl sites for hydroxylation is 1. The third kappa shape index (κ3) is 3.51. The van der Waals surface area contributed by atoms with E-state index in [2.05, 4.69) is 4.98 Å². The second-order valence-electron chi connectivity index (χ2n) is 2.87. The lowest BCUT2D eigenvalue weighted by Crippen LogP contribution is -2.07. The van der Waals surface area contributed by atoms with Crippen LogP contribution in [0.25, 0.3) is 6.08 Å². The maximum atomic E-state index is 10.4. The van der Waals surface area contributed by atoms with E-state index in [1.165, 1.54) is 0 Å². The number of amides is 1. The number of nitrogens with two attached hydrogens (primary N) is 1. The van der Waals surface area contributed by atoms with Crippen molar-refractivity contribution in [3.05, 3.63) is 35.7 Å². The van der Waals surface area contributed by atoms with Crippen LogP contribution >= 0.6 is 0 Å². The second-order valence-corrected chi connectivity index (χ2v) is 2.87. The molecule has 1 heterocycles. The monoisotopic (exact) mass is 176 g/mol. The van der Waals surface area contributed by atoms with E-state index >= 15 is 0 Å². The van der Waals surface area contributed by atoms with Crippen LogP contribution in [0.15, 0.2) is 24.5 Å². The van der Waals surface area contributed by atoms with Crippen molar-refractivity contribution in [2.24, 2.45) is 5.73 Å². The molecular formula is C10H12N2O. The van der Waals surface area contributed by atoms with Gasteiger partial charge in [-0.25, -0.2) is 0 Å². The van der Waals surface area contributed by atoms with Gasteiger partial charge in [0, 0.05) is 18.8 Å². The van der Waals surface area contributed by atoms with Crippen molar-refractivity contribution < 1.29 is 4.79 Å². The van der Waals surface area contributed by atoms with Gasteiger partial charge < -0.3 is 5.73 Å². The van der Waals surface area contributed by atoms with Gasteiger partial charge in [-0.05, 0) is 24.1 Å². The van der Waals surface area contributed by atoms with Crippen molar-refractivity contribution in [3.8, 4) is 0 Å². The maximum Gasteiger partial charge on any atom is 0.221 e.